The van der Waals surface area contributed by atoms with E-state index < -0.39 is 0 Å². The van der Waals surface area contributed by atoms with E-state index in [1.807, 2.05) is 60.7 Å². The molecule has 0 saturated heterocycles. The number of phenolic OH excluding ortho intramolecular Hbond substituents is 1. The molecule has 0 spiro atoms. The smallest absolute Gasteiger partial charge is 0.141 e. The van der Waals surface area contributed by atoms with Gasteiger partial charge in [-0.3, -0.25) is 0 Å². The summed E-state index contributed by atoms with van der Waals surface area (Å²) >= 11 is 0. The van der Waals surface area contributed by atoms with Gasteiger partial charge >= 0.3 is 0 Å². The third-order valence-electron chi connectivity index (χ3n) is 3.52. The van der Waals surface area contributed by atoms with Crippen molar-refractivity contribution in [2.24, 2.45) is 0 Å². The molecule has 0 fully saturated rings. The van der Waals surface area contributed by atoms with Crippen LogP contribution in [0.4, 0.5) is 0 Å². The lowest BCUT2D eigenvalue weighted by Gasteiger charge is -2.04. The molecule has 0 aliphatic rings. The molecule has 0 saturated carbocycles. The number of ether oxygens (including phenoxy) is 1. The molecule has 3 aromatic rings. The Balaban J connectivity index is 1.78. The summed E-state index contributed by atoms with van der Waals surface area (Å²) in [6.07, 6.45) is 4.94. The molecular weight excluding hydrogens is 286 g/mol. The van der Waals surface area contributed by atoms with Gasteiger partial charge in [-0.25, -0.2) is 4.98 Å². The first kappa shape index (κ1) is 15.1. The lowest BCUT2D eigenvalue weighted by Crippen LogP contribution is -1.94. The summed E-state index contributed by atoms with van der Waals surface area (Å²) in [5.74, 6) is 1.09. The van der Waals surface area contributed by atoms with Crippen LogP contribution in [-0.4, -0.2) is 16.7 Å². The first-order valence-electron chi connectivity index (χ1n) is 7.76. The highest BCUT2D eigenvalue weighted by Gasteiger charge is 2.01. The van der Waals surface area contributed by atoms with E-state index in [4.69, 9.17) is 4.74 Å². The molecule has 0 atom stereocenters. The molecule has 0 unspecified atom stereocenters. The van der Waals surface area contributed by atoms with Crippen molar-refractivity contribution in [3.8, 4) is 11.5 Å². The maximum Gasteiger partial charge on any atom is 0.141 e. The van der Waals surface area contributed by atoms with Gasteiger partial charge in [0.2, 0.25) is 0 Å². The number of hydrogen-bond acceptors (Lipinski definition) is 3. The van der Waals surface area contributed by atoms with Gasteiger partial charge in [0.05, 0.1) is 12.3 Å². The molecule has 1 aromatic heterocycles. The van der Waals surface area contributed by atoms with Crippen LogP contribution in [-0.2, 0) is 0 Å². The third kappa shape index (κ3) is 3.69. The van der Waals surface area contributed by atoms with Gasteiger partial charge in [-0.15, -0.1) is 0 Å². The standard InChI is InChI=1S/C20H19NO2/c1-2-14-23-18-12-7-15(8-13-18)6-10-17-11-9-16-4-3-5-19(22)20(16)21-17/h3-13,22H,2,14H2,1H3/b10-6+. The zero-order chi connectivity index (χ0) is 16.1. The van der Waals surface area contributed by atoms with Crippen molar-refractivity contribution < 1.29 is 9.84 Å². The molecule has 0 aliphatic heterocycles. The van der Waals surface area contributed by atoms with Crippen LogP contribution >= 0.6 is 0 Å². The van der Waals surface area contributed by atoms with Crippen LogP contribution in [0.2, 0.25) is 0 Å². The highest BCUT2D eigenvalue weighted by atomic mass is 16.5. The zero-order valence-electron chi connectivity index (χ0n) is 13.1. The Kier molecular flexibility index (Phi) is 4.57. The van der Waals surface area contributed by atoms with E-state index >= 15 is 0 Å². The number of para-hydroxylation sites is 1. The SMILES string of the molecule is CCCOc1ccc(/C=C/c2ccc3cccc(O)c3n2)cc1. The fourth-order valence-electron chi connectivity index (χ4n) is 2.32. The molecule has 1 N–H and O–H groups in total. The topological polar surface area (TPSA) is 42.4 Å². The second-order valence-electron chi connectivity index (χ2n) is 5.34. The zero-order valence-corrected chi connectivity index (χ0v) is 13.1. The average Bonchev–Trinajstić information content (AvgIpc) is 2.59. The number of pyridine rings is 1. The molecule has 3 heteroatoms. The summed E-state index contributed by atoms with van der Waals surface area (Å²) in [6.45, 7) is 2.82. The Hall–Kier alpha value is -2.81. The van der Waals surface area contributed by atoms with Gasteiger partial charge in [0.15, 0.2) is 0 Å². The van der Waals surface area contributed by atoms with Crippen LogP contribution in [0.25, 0.3) is 23.1 Å². The summed E-state index contributed by atoms with van der Waals surface area (Å²) in [6, 6.07) is 17.3. The fraction of sp³-hybridized carbons (Fsp3) is 0.150. The van der Waals surface area contributed by atoms with Crippen molar-refractivity contribution >= 4 is 23.1 Å². The molecule has 3 nitrogen and oxygen atoms in total. The van der Waals surface area contributed by atoms with E-state index in [2.05, 4.69) is 11.9 Å². The van der Waals surface area contributed by atoms with Gasteiger partial charge in [0.25, 0.3) is 0 Å². The van der Waals surface area contributed by atoms with Crippen molar-refractivity contribution in [1.82, 2.24) is 4.98 Å². The van der Waals surface area contributed by atoms with Gasteiger partial charge in [-0.1, -0.05) is 43.3 Å². The number of hydrogen-bond donors (Lipinski definition) is 1. The van der Waals surface area contributed by atoms with Crippen LogP contribution in [0.15, 0.2) is 54.6 Å². The second kappa shape index (κ2) is 6.97. The number of benzene rings is 2. The normalized spacial score (nSPS) is 11.2. The third-order valence-corrected chi connectivity index (χ3v) is 3.52. The number of phenols is 1. The summed E-state index contributed by atoms with van der Waals surface area (Å²) in [7, 11) is 0. The highest BCUT2D eigenvalue weighted by molar-refractivity contribution is 5.85. The number of fused-ring (bicyclic) bond motifs is 1. The highest BCUT2D eigenvalue weighted by Crippen LogP contribution is 2.23. The van der Waals surface area contributed by atoms with Crippen molar-refractivity contribution in [2.75, 3.05) is 6.61 Å². The maximum atomic E-state index is 9.88. The largest absolute Gasteiger partial charge is 0.506 e. The van der Waals surface area contributed by atoms with Crippen LogP contribution in [0.3, 0.4) is 0 Å². The number of rotatable bonds is 5. The molecule has 0 aliphatic carbocycles. The predicted molar refractivity (Wildman–Crippen MR) is 94.6 cm³/mol. The van der Waals surface area contributed by atoms with E-state index in [1.165, 1.54) is 0 Å². The molecule has 3 rings (SSSR count). The summed E-state index contributed by atoms with van der Waals surface area (Å²) < 4.78 is 5.57. The maximum absolute atomic E-state index is 9.88. The molecule has 0 amide bonds. The number of aromatic hydroxyl groups is 1. The average molecular weight is 305 g/mol. The lowest BCUT2D eigenvalue weighted by molar-refractivity contribution is 0.317. The molecular formula is C20H19NO2. The fourth-order valence-corrected chi connectivity index (χ4v) is 2.32. The van der Waals surface area contributed by atoms with E-state index in [0.29, 0.717) is 5.52 Å². The van der Waals surface area contributed by atoms with Crippen molar-refractivity contribution in [1.29, 1.82) is 0 Å². The Labute approximate surface area is 135 Å². The quantitative estimate of drug-likeness (QED) is 0.729. The molecule has 1 heterocycles. The number of nitrogens with zero attached hydrogens (tertiary/aromatic N) is 1. The summed E-state index contributed by atoms with van der Waals surface area (Å²) in [4.78, 5) is 4.49. The molecule has 0 bridgehead atoms. The van der Waals surface area contributed by atoms with Gasteiger partial charge in [-0.05, 0) is 42.3 Å². The van der Waals surface area contributed by atoms with Crippen LogP contribution < -0.4 is 4.74 Å². The molecule has 23 heavy (non-hydrogen) atoms. The van der Waals surface area contributed by atoms with Gasteiger partial charge in [0, 0.05) is 5.39 Å². The molecule has 2 aromatic carbocycles. The lowest BCUT2D eigenvalue weighted by atomic mass is 10.1. The summed E-state index contributed by atoms with van der Waals surface area (Å²) in [5.41, 5.74) is 2.51. The minimum Gasteiger partial charge on any atom is -0.506 e. The molecule has 116 valence electrons. The Bertz CT molecular complexity index is 823. The minimum atomic E-state index is 0.204. The van der Waals surface area contributed by atoms with Crippen molar-refractivity contribution in [2.45, 2.75) is 13.3 Å². The first-order valence-corrected chi connectivity index (χ1v) is 7.76. The predicted octanol–water partition coefficient (Wildman–Crippen LogP) is 4.90. The van der Waals surface area contributed by atoms with Crippen LogP contribution in [0.1, 0.15) is 24.6 Å². The summed E-state index contributed by atoms with van der Waals surface area (Å²) in [5, 5.41) is 10.8. The second-order valence-corrected chi connectivity index (χ2v) is 5.34. The van der Waals surface area contributed by atoms with Crippen LogP contribution in [0.5, 0.6) is 11.5 Å². The monoisotopic (exact) mass is 305 g/mol. The van der Waals surface area contributed by atoms with E-state index in [9.17, 15) is 5.11 Å². The van der Waals surface area contributed by atoms with Gasteiger partial charge in [-0.2, -0.15) is 0 Å². The van der Waals surface area contributed by atoms with E-state index in [1.54, 1.807) is 6.07 Å². The van der Waals surface area contributed by atoms with E-state index in [0.717, 1.165) is 35.4 Å². The number of aromatic nitrogens is 1. The van der Waals surface area contributed by atoms with Gasteiger partial charge < -0.3 is 9.84 Å². The first-order chi connectivity index (χ1) is 11.3. The Morgan fingerprint density at radius 3 is 2.61 bits per heavy atom. The van der Waals surface area contributed by atoms with Crippen molar-refractivity contribution in [3.05, 3.63) is 65.9 Å². The minimum absolute atomic E-state index is 0.204. The Morgan fingerprint density at radius 1 is 1.00 bits per heavy atom. The Morgan fingerprint density at radius 2 is 1.83 bits per heavy atom. The van der Waals surface area contributed by atoms with E-state index in [-0.39, 0.29) is 5.75 Å². The van der Waals surface area contributed by atoms with Crippen LogP contribution in [0, 0.1) is 0 Å². The van der Waals surface area contributed by atoms with Crippen molar-refractivity contribution in [3.63, 3.8) is 0 Å². The van der Waals surface area contributed by atoms with Gasteiger partial charge in [0.1, 0.15) is 17.0 Å². The molecule has 0 radical (unpaired) electrons.